The van der Waals surface area contributed by atoms with Gasteiger partial charge in [0, 0.05) is 0 Å². The average molecular weight is 193 g/mol. The van der Waals surface area contributed by atoms with E-state index in [1.54, 1.807) is 0 Å². The average Bonchev–Trinajstić information content (AvgIpc) is 1.98. The molecule has 0 radical (unpaired) electrons. The van der Waals surface area contributed by atoms with Crippen LogP contribution >= 0.6 is 0 Å². The molecular weight excluding hydrogens is 182 g/mol. The third-order valence-corrected chi connectivity index (χ3v) is 1.89. The van der Waals surface area contributed by atoms with Gasteiger partial charge in [0.25, 0.3) is 6.08 Å². The van der Waals surface area contributed by atoms with E-state index >= 15 is 0 Å². The number of hydrogen-bond acceptors (Lipinski definition) is 4. The summed E-state index contributed by atoms with van der Waals surface area (Å²) in [6, 6.07) is 0. The van der Waals surface area contributed by atoms with Gasteiger partial charge in [0.1, 0.15) is 0 Å². The Kier molecular flexibility index (Phi) is 5.53. The second kappa shape index (κ2) is 5.88. The Bertz CT molecular complexity index is 253. The molecule has 0 atom stereocenters. The van der Waals surface area contributed by atoms with Gasteiger partial charge in [-0.05, 0) is 6.42 Å². The summed E-state index contributed by atoms with van der Waals surface area (Å²) in [6.07, 6.45) is 3.42. The van der Waals surface area contributed by atoms with Crippen molar-refractivity contribution in [2.45, 2.75) is 26.2 Å². The van der Waals surface area contributed by atoms with Crippen molar-refractivity contribution in [2.24, 2.45) is 4.40 Å². The van der Waals surface area contributed by atoms with Crippen LogP contribution in [0.25, 0.3) is 0 Å². The third-order valence-electron chi connectivity index (χ3n) is 1.13. The third kappa shape index (κ3) is 6.03. The highest BCUT2D eigenvalue weighted by Crippen LogP contribution is 1.99. The second-order valence-electron chi connectivity index (χ2n) is 2.14. The van der Waals surface area contributed by atoms with E-state index in [-0.39, 0.29) is 6.61 Å². The highest BCUT2D eigenvalue weighted by molar-refractivity contribution is 7.85. The first-order valence-electron chi connectivity index (χ1n) is 3.61. The first-order valence-corrected chi connectivity index (χ1v) is 4.97. The lowest BCUT2D eigenvalue weighted by Crippen LogP contribution is -2.03. The molecule has 0 bridgehead atoms. The van der Waals surface area contributed by atoms with Crippen molar-refractivity contribution in [3.05, 3.63) is 0 Å². The van der Waals surface area contributed by atoms with Crippen LogP contribution in [0.1, 0.15) is 26.2 Å². The number of unbranched alkanes of at least 4 members (excludes halogenated alkanes) is 2. The Hall–Kier alpha value is -0.710. The summed E-state index contributed by atoms with van der Waals surface area (Å²) in [6.45, 7) is 2.05. The molecule has 0 aromatic rings. The van der Waals surface area contributed by atoms with Crippen LogP contribution in [0, 0.1) is 0 Å². The largest absolute Gasteiger partial charge is 0.391 e. The van der Waals surface area contributed by atoms with Gasteiger partial charge in [-0.3, -0.25) is 4.18 Å². The Labute approximate surface area is 71.7 Å². The molecule has 0 saturated carbocycles. The molecule has 0 aliphatic heterocycles. The van der Waals surface area contributed by atoms with E-state index in [1.807, 2.05) is 6.92 Å². The Morgan fingerprint density at radius 2 is 2.08 bits per heavy atom. The second-order valence-corrected chi connectivity index (χ2v) is 3.41. The Morgan fingerprint density at radius 3 is 2.58 bits per heavy atom. The number of hydrogen-bond donors (Lipinski definition) is 0. The number of carbonyl (C=O) groups excluding carboxylic acids is 1. The SMILES string of the molecule is CCCCCOS(=O)(=O)N=C=O. The van der Waals surface area contributed by atoms with Crippen molar-refractivity contribution in [1.82, 2.24) is 0 Å². The molecule has 0 unspecified atom stereocenters. The van der Waals surface area contributed by atoms with Crippen LogP contribution in [0.4, 0.5) is 0 Å². The minimum absolute atomic E-state index is 0.0708. The number of rotatable bonds is 6. The molecule has 0 N–H and O–H groups in total. The van der Waals surface area contributed by atoms with E-state index in [2.05, 4.69) is 8.58 Å². The normalized spacial score (nSPS) is 10.8. The van der Waals surface area contributed by atoms with Crippen LogP contribution in [-0.2, 0) is 19.3 Å². The topological polar surface area (TPSA) is 72.8 Å². The van der Waals surface area contributed by atoms with E-state index < -0.39 is 10.3 Å². The molecule has 0 saturated heterocycles. The maximum absolute atomic E-state index is 10.5. The van der Waals surface area contributed by atoms with Gasteiger partial charge in [0.15, 0.2) is 0 Å². The van der Waals surface area contributed by atoms with Gasteiger partial charge in [-0.1, -0.05) is 24.2 Å². The first kappa shape index (κ1) is 11.3. The highest BCUT2D eigenvalue weighted by Gasteiger charge is 2.06. The predicted molar refractivity (Wildman–Crippen MR) is 42.5 cm³/mol. The minimum Gasteiger partial charge on any atom is -0.252 e. The molecule has 0 aromatic carbocycles. The first-order chi connectivity index (χ1) is 5.62. The fraction of sp³-hybridized carbons (Fsp3) is 0.833. The van der Waals surface area contributed by atoms with E-state index in [0.29, 0.717) is 6.42 Å². The standard InChI is InChI=1S/C6H11NO4S/c1-2-3-4-5-11-12(9,10)7-6-8/h2-5H2,1H3. The lowest BCUT2D eigenvalue weighted by Gasteiger charge is -1.97. The summed E-state index contributed by atoms with van der Waals surface area (Å²) >= 11 is 0. The molecule has 0 amide bonds. The molecule has 0 aromatic heterocycles. The van der Waals surface area contributed by atoms with Crippen molar-refractivity contribution in [3.8, 4) is 0 Å². The quantitative estimate of drug-likeness (QED) is 0.355. The van der Waals surface area contributed by atoms with E-state index in [0.717, 1.165) is 18.9 Å². The van der Waals surface area contributed by atoms with Gasteiger partial charge in [0.05, 0.1) is 6.61 Å². The van der Waals surface area contributed by atoms with Gasteiger partial charge >= 0.3 is 10.3 Å². The molecule has 0 spiro atoms. The van der Waals surface area contributed by atoms with Crippen molar-refractivity contribution in [3.63, 3.8) is 0 Å². The number of nitrogens with zero attached hydrogens (tertiary/aromatic N) is 1. The Balaban J connectivity index is 3.70. The summed E-state index contributed by atoms with van der Waals surface area (Å²) in [5, 5.41) is 0. The maximum Gasteiger partial charge on any atom is 0.391 e. The smallest absolute Gasteiger partial charge is 0.252 e. The maximum atomic E-state index is 10.5. The van der Waals surface area contributed by atoms with Gasteiger partial charge < -0.3 is 0 Å². The molecule has 12 heavy (non-hydrogen) atoms. The Morgan fingerprint density at radius 1 is 1.42 bits per heavy atom. The monoisotopic (exact) mass is 193 g/mol. The summed E-state index contributed by atoms with van der Waals surface area (Å²) in [7, 11) is -4.01. The van der Waals surface area contributed by atoms with Crippen LogP contribution < -0.4 is 0 Å². The van der Waals surface area contributed by atoms with Crippen molar-refractivity contribution < 1.29 is 17.4 Å². The fourth-order valence-electron chi connectivity index (χ4n) is 0.588. The molecule has 0 fully saturated rings. The van der Waals surface area contributed by atoms with Gasteiger partial charge in [0.2, 0.25) is 0 Å². The van der Waals surface area contributed by atoms with E-state index in [4.69, 9.17) is 0 Å². The molecular formula is C6H11NO4S. The summed E-state index contributed by atoms with van der Waals surface area (Å²) in [4.78, 5) is 9.56. The summed E-state index contributed by atoms with van der Waals surface area (Å²) in [5.74, 6) is 0. The van der Waals surface area contributed by atoms with Crippen LogP contribution in [0.2, 0.25) is 0 Å². The van der Waals surface area contributed by atoms with Gasteiger partial charge in [-0.15, -0.1) is 0 Å². The zero-order valence-electron chi connectivity index (χ0n) is 6.82. The van der Waals surface area contributed by atoms with Crippen molar-refractivity contribution >= 4 is 16.4 Å². The van der Waals surface area contributed by atoms with Crippen molar-refractivity contribution in [2.75, 3.05) is 6.61 Å². The lowest BCUT2D eigenvalue weighted by atomic mass is 10.3. The summed E-state index contributed by atoms with van der Waals surface area (Å²) < 4.78 is 27.9. The zero-order chi connectivity index (χ0) is 9.45. The van der Waals surface area contributed by atoms with E-state index in [9.17, 15) is 13.2 Å². The van der Waals surface area contributed by atoms with Crippen LogP contribution in [-0.4, -0.2) is 21.1 Å². The zero-order valence-corrected chi connectivity index (χ0v) is 7.63. The van der Waals surface area contributed by atoms with E-state index in [1.165, 1.54) is 0 Å². The molecule has 0 aliphatic carbocycles. The molecule has 70 valence electrons. The van der Waals surface area contributed by atoms with Gasteiger partial charge in [-0.25, -0.2) is 4.79 Å². The molecule has 0 heterocycles. The fourth-order valence-corrected chi connectivity index (χ4v) is 1.06. The highest BCUT2D eigenvalue weighted by atomic mass is 32.2. The molecule has 0 aliphatic rings. The van der Waals surface area contributed by atoms with Gasteiger partial charge in [-0.2, -0.15) is 8.42 Å². The lowest BCUT2D eigenvalue weighted by molar-refractivity contribution is 0.308. The van der Waals surface area contributed by atoms with Crippen LogP contribution in [0.15, 0.2) is 4.40 Å². The molecule has 5 nitrogen and oxygen atoms in total. The van der Waals surface area contributed by atoms with Crippen molar-refractivity contribution in [1.29, 1.82) is 0 Å². The van der Waals surface area contributed by atoms with Crippen LogP contribution in [0.5, 0.6) is 0 Å². The number of isocyanates is 1. The molecule has 0 rings (SSSR count). The summed E-state index contributed by atoms with van der Waals surface area (Å²) in [5.41, 5.74) is 0. The predicted octanol–water partition coefficient (Wildman–Crippen LogP) is 0.774. The molecule has 6 heteroatoms. The minimum atomic E-state index is -4.01. The van der Waals surface area contributed by atoms with Crippen LogP contribution in [0.3, 0.4) is 0 Å².